The number of likely N-dealkylation sites (tertiary alicyclic amines) is 1. The van der Waals surface area contributed by atoms with Gasteiger partial charge >= 0.3 is 0 Å². The molecule has 0 aliphatic carbocycles. The SMILES string of the molecule is COc1ncccc1-c1ccc(O)c(-c2nc3ccc(C(=O)NCC(C)(C)N4CCCC4)cc3[nH]2)c1. The topological polar surface area (TPSA) is 103 Å². The highest BCUT2D eigenvalue weighted by Crippen LogP contribution is 2.35. The predicted octanol–water partition coefficient (Wildman–Crippen LogP) is 4.61. The number of H-pyrrole nitrogens is 1. The number of aromatic amines is 1. The molecule has 3 N–H and O–H groups in total. The van der Waals surface area contributed by atoms with Crippen LogP contribution in [-0.2, 0) is 0 Å². The Kier molecular flexibility index (Phi) is 6.36. The van der Waals surface area contributed by atoms with E-state index < -0.39 is 0 Å². The molecule has 36 heavy (non-hydrogen) atoms. The summed E-state index contributed by atoms with van der Waals surface area (Å²) >= 11 is 0. The Morgan fingerprint density at radius 1 is 1.14 bits per heavy atom. The zero-order chi connectivity index (χ0) is 25.3. The molecule has 0 atom stereocenters. The van der Waals surface area contributed by atoms with Gasteiger partial charge in [0.15, 0.2) is 0 Å². The van der Waals surface area contributed by atoms with Gasteiger partial charge in [0.1, 0.15) is 11.6 Å². The number of hydrogen-bond acceptors (Lipinski definition) is 6. The van der Waals surface area contributed by atoms with E-state index in [1.165, 1.54) is 12.8 Å². The molecule has 4 aromatic rings. The number of rotatable bonds is 7. The van der Waals surface area contributed by atoms with Crippen molar-refractivity contribution in [3.8, 4) is 34.1 Å². The second kappa shape index (κ2) is 9.62. The van der Waals surface area contributed by atoms with Crippen LogP contribution in [0.25, 0.3) is 33.5 Å². The van der Waals surface area contributed by atoms with Gasteiger partial charge in [-0.2, -0.15) is 0 Å². The molecule has 0 radical (unpaired) electrons. The summed E-state index contributed by atoms with van der Waals surface area (Å²) in [6.45, 7) is 7.08. The minimum Gasteiger partial charge on any atom is -0.507 e. The van der Waals surface area contributed by atoms with Crippen LogP contribution in [0.4, 0.5) is 0 Å². The molecule has 5 rings (SSSR count). The number of phenols is 1. The average Bonchev–Trinajstić information content (AvgIpc) is 3.58. The Labute approximate surface area is 210 Å². The number of ether oxygens (including phenoxy) is 1. The van der Waals surface area contributed by atoms with Gasteiger partial charge in [0.25, 0.3) is 5.91 Å². The van der Waals surface area contributed by atoms with E-state index in [1.54, 1.807) is 31.5 Å². The third-order valence-electron chi connectivity index (χ3n) is 6.91. The lowest BCUT2D eigenvalue weighted by Crippen LogP contribution is -2.50. The van der Waals surface area contributed by atoms with Gasteiger partial charge in [-0.05, 0) is 87.8 Å². The molecule has 8 heteroatoms. The van der Waals surface area contributed by atoms with Crippen LogP contribution in [0.5, 0.6) is 11.6 Å². The number of phenolic OH excluding ortho intramolecular Hbond substituents is 1. The number of nitrogens with one attached hydrogen (secondary N) is 2. The molecular weight excluding hydrogens is 454 g/mol. The number of aromatic hydroxyl groups is 1. The van der Waals surface area contributed by atoms with Gasteiger partial charge in [0.2, 0.25) is 5.88 Å². The van der Waals surface area contributed by atoms with Gasteiger partial charge in [0, 0.05) is 29.4 Å². The Morgan fingerprint density at radius 2 is 1.94 bits per heavy atom. The second-order valence-electron chi connectivity index (χ2n) is 9.80. The molecule has 3 heterocycles. The van der Waals surface area contributed by atoms with Crippen molar-refractivity contribution in [1.82, 2.24) is 25.2 Å². The highest BCUT2D eigenvalue weighted by atomic mass is 16.5. The average molecular weight is 486 g/mol. The summed E-state index contributed by atoms with van der Waals surface area (Å²) in [7, 11) is 1.58. The van der Waals surface area contributed by atoms with E-state index in [9.17, 15) is 9.90 Å². The van der Waals surface area contributed by atoms with Gasteiger partial charge in [-0.15, -0.1) is 0 Å². The number of nitrogens with zero attached hydrogens (tertiary/aromatic N) is 3. The zero-order valence-corrected chi connectivity index (χ0v) is 20.8. The summed E-state index contributed by atoms with van der Waals surface area (Å²) in [6, 6.07) is 14.4. The normalized spacial score (nSPS) is 14.3. The number of benzene rings is 2. The number of aromatic nitrogens is 3. The van der Waals surface area contributed by atoms with E-state index in [-0.39, 0.29) is 17.2 Å². The largest absolute Gasteiger partial charge is 0.507 e. The molecule has 2 aromatic carbocycles. The zero-order valence-electron chi connectivity index (χ0n) is 20.8. The standard InChI is InChI=1S/C28H31N5O3/c1-28(2,33-13-4-5-14-33)17-30-26(35)19-8-10-22-23(16-19)32-25(31-22)21-15-18(9-11-24(21)34)20-7-6-12-29-27(20)36-3/h6-12,15-16,34H,4-5,13-14,17H2,1-3H3,(H,30,35)(H,31,32). The molecule has 186 valence electrons. The van der Waals surface area contributed by atoms with Crippen molar-refractivity contribution in [1.29, 1.82) is 0 Å². The fourth-order valence-electron chi connectivity index (χ4n) is 4.78. The summed E-state index contributed by atoms with van der Waals surface area (Å²) in [5.74, 6) is 0.999. The van der Waals surface area contributed by atoms with Gasteiger partial charge in [-0.25, -0.2) is 9.97 Å². The van der Waals surface area contributed by atoms with Crippen LogP contribution in [0, 0.1) is 0 Å². The van der Waals surface area contributed by atoms with E-state index >= 15 is 0 Å². The van der Waals surface area contributed by atoms with Crippen molar-refractivity contribution in [3.63, 3.8) is 0 Å². The molecular formula is C28H31N5O3. The highest BCUT2D eigenvalue weighted by Gasteiger charge is 2.29. The molecule has 1 fully saturated rings. The summed E-state index contributed by atoms with van der Waals surface area (Å²) < 4.78 is 5.39. The van der Waals surface area contributed by atoms with E-state index in [0.29, 0.717) is 34.9 Å². The molecule has 1 amide bonds. The van der Waals surface area contributed by atoms with E-state index in [1.807, 2.05) is 30.3 Å². The van der Waals surface area contributed by atoms with E-state index in [2.05, 4.69) is 39.0 Å². The van der Waals surface area contributed by atoms with Crippen molar-refractivity contribution >= 4 is 16.9 Å². The van der Waals surface area contributed by atoms with Crippen LogP contribution in [0.1, 0.15) is 37.0 Å². The van der Waals surface area contributed by atoms with E-state index in [4.69, 9.17) is 4.74 Å². The van der Waals surface area contributed by atoms with Crippen molar-refractivity contribution in [2.75, 3.05) is 26.7 Å². The Hall–Kier alpha value is -3.91. The number of amides is 1. The maximum Gasteiger partial charge on any atom is 0.251 e. The lowest BCUT2D eigenvalue weighted by molar-refractivity contribution is 0.0902. The van der Waals surface area contributed by atoms with Gasteiger partial charge < -0.3 is 20.1 Å². The summed E-state index contributed by atoms with van der Waals surface area (Å²) in [6.07, 6.45) is 4.10. The summed E-state index contributed by atoms with van der Waals surface area (Å²) in [4.78, 5) is 27.5. The Balaban J connectivity index is 1.39. The lowest BCUT2D eigenvalue weighted by atomic mass is 10.0. The number of carbonyl (C=O) groups is 1. The third-order valence-corrected chi connectivity index (χ3v) is 6.91. The molecule has 2 aromatic heterocycles. The van der Waals surface area contributed by atoms with Gasteiger partial charge in [-0.1, -0.05) is 6.07 Å². The minimum atomic E-state index is -0.117. The van der Waals surface area contributed by atoms with Gasteiger partial charge in [0.05, 0.1) is 23.7 Å². The fourth-order valence-corrected chi connectivity index (χ4v) is 4.78. The molecule has 0 bridgehead atoms. The smallest absolute Gasteiger partial charge is 0.251 e. The van der Waals surface area contributed by atoms with Gasteiger partial charge in [-0.3, -0.25) is 9.69 Å². The van der Waals surface area contributed by atoms with Crippen LogP contribution < -0.4 is 10.1 Å². The number of carbonyl (C=O) groups excluding carboxylic acids is 1. The van der Waals surface area contributed by atoms with Crippen molar-refractivity contribution in [2.24, 2.45) is 0 Å². The van der Waals surface area contributed by atoms with E-state index in [0.717, 1.165) is 29.7 Å². The van der Waals surface area contributed by atoms with Crippen LogP contribution in [-0.4, -0.2) is 63.1 Å². The number of pyridine rings is 1. The Morgan fingerprint density at radius 3 is 2.72 bits per heavy atom. The first-order chi connectivity index (χ1) is 17.4. The lowest BCUT2D eigenvalue weighted by Gasteiger charge is -2.35. The first-order valence-corrected chi connectivity index (χ1v) is 12.2. The highest BCUT2D eigenvalue weighted by molar-refractivity contribution is 5.98. The monoisotopic (exact) mass is 485 g/mol. The number of hydrogen-bond donors (Lipinski definition) is 3. The van der Waals surface area contributed by atoms with Crippen LogP contribution in [0.3, 0.4) is 0 Å². The fraction of sp³-hybridized carbons (Fsp3) is 0.321. The minimum absolute atomic E-state index is 0.0864. The number of methoxy groups -OCH3 is 1. The molecule has 0 unspecified atom stereocenters. The van der Waals surface area contributed by atoms with Crippen molar-refractivity contribution in [2.45, 2.75) is 32.2 Å². The van der Waals surface area contributed by atoms with Crippen LogP contribution in [0.2, 0.25) is 0 Å². The predicted molar refractivity (Wildman–Crippen MR) is 140 cm³/mol. The van der Waals surface area contributed by atoms with Crippen LogP contribution in [0.15, 0.2) is 54.7 Å². The molecule has 1 saturated heterocycles. The number of imidazole rings is 1. The Bertz CT molecular complexity index is 1410. The molecule has 1 aliphatic heterocycles. The first-order valence-electron chi connectivity index (χ1n) is 12.2. The molecule has 0 spiro atoms. The maximum atomic E-state index is 12.9. The molecule has 8 nitrogen and oxygen atoms in total. The maximum absolute atomic E-state index is 12.9. The summed E-state index contributed by atoms with van der Waals surface area (Å²) in [5, 5.41) is 13.7. The first kappa shape index (κ1) is 23.8. The second-order valence-corrected chi connectivity index (χ2v) is 9.80. The summed E-state index contributed by atoms with van der Waals surface area (Å²) in [5.41, 5.74) is 4.11. The van der Waals surface area contributed by atoms with Crippen molar-refractivity contribution in [3.05, 3.63) is 60.3 Å². The third kappa shape index (κ3) is 4.64. The quantitative estimate of drug-likeness (QED) is 0.353. The number of fused-ring (bicyclic) bond motifs is 1. The molecule has 0 saturated carbocycles. The molecule has 1 aliphatic rings. The van der Waals surface area contributed by atoms with Crippen LogP contribution >= 0.6 is 0 Å². The van der Waals surface area contributed by atoms with Crippen molar-refractivity contribution < 1.29 is 14.6 Å².